The fourth-order valence-corrected chi connectivity index (χ4v) is 4.28. The minimum absolute atomic E-state index is 0.175. The molecule has 0 amide bonds. The van der Waals surface area contributed by atoms with Gasteiger partial charge < -0.3 is 18.9 Å². The van der Waals surface area contributed by atoms with Gasteiger partial charge in [0.25, 0.3) is 10.0 Å². The monoisotopic (exact) mass is 469 g/mol. The molecule has 3 aromatic carbocycles. The molecule has 3 rings (SSSR count). The Morgan fingerprint density at radius 2 is 1.27 bits per heavy atom. The van der Waals surface area contributed by atoms with Crippen LogP contribution in [0.5, 0.6) is 23.0 Å². The maximum atomic E-state index is 12.8. The first kappa shape index (κ1) is 24.0. The normalized spacial score (nSPS) is 11.3. The van der Waals surface area contributed by atoms with E-state index in [2.05, 4.69) is 4.72 Å². The first-order chi connectivity index (χ1) is 15.8. The zero-order valence-corrected chi connectivity index (χ0v) is 20.0. The number of aryl methyl sites for hydroxylation is 1. The van der Waals surface area contributed by atoms with Gasteiger partial charge in [0.1, 0.15) is 5.75 Å². The molecule has 8 heteroatoms. The molecule has 7 nitrogen and oxygen atoms in total. The summed E-state index contributed by atoms with van der Waals surface area (Å²) in [7, 11) is 2.38. The second kappa shape index (κ2) is 10.3. The molecule has 0 saturated heterocycles. The van der Waals surface area contributed by atoms with E-state index >= 15 is 0 Å². The third kappa shape index (κ3) is 5.59. The summed E-state index contributed by atoms with van der Waals surface area (Å²) in [5.41, 5.74) is 2.91. The van der Waals surface area contributed by atoms with Crippen LogP contribution in [0.1, 0.15) is 16.7 Å². The SMILES string of the molecule is COc1ccc(C=Cc2cc(OC)c(OC)c(OC)c2)cc1NS(=O)(=O)c1ccc(C)cc1. The minimum atomic E-state index is -3.77. The molecule has 0 fully saturated rings. The molecule has 33 heavy (non-hydrogen) atoms. The Kier molecular flexibility index (Phi) is 7.50. The first-order valence-corrected chi connectivity index (χ1v) is 11.5. The summed E-state index contributed by atoms with van der Waals surface area (Å²) in [5, 5.41) is 0. The third-order valence-corrected chi connectivity index (χ3v) is 6.34. The lowest BCUT2D eigenvalue weighted by Crippen LogP contribution is -2.13. The number of hydrogen-bond donors (Lipinski definition) is 1. The third-order valence-electron chi connectivity index (χ3n) is 4.95. The average Bonchev–Trinajstić information content (AvgIpc) is 2.82. The van der Waals surface area contributed by atoms with Crippen molar-refractivity contribution in [3.8, 4) is 23.0 Å². The van der Waals surface area contributed by atoms with Gasteiger partial charge in [0.05, 0.1) is 39.0 Å². The smallest absolute Gasteiger partial charge is 0.262 e. The van der Waals surface area contributed by atoms with Gasteiger partial charge in [-0.1, -0.05) is 35.9 Å². The second-order valence-electron chi connectivity index (χ2n) is 7.17. The number of nitrogens with one attached hydrogen (secondary N) is 1. The van der Waals surface area contributed by atoms with Crippen LogP contribution < -0.4 is 23.7 Å². The lowest BCUT2D eigenvalue weighted by molar-refractivity contribution is 0.324. The molecule has 0 aliphatic carbocycles. The van der Waals surface area contributed by atoms with E-state index in [1.807, 2.05) is 37.3 Å². The predicted molar refractivity (Wildman–Crippen MR) is 130 cm³/mol. The van der Waals surface area contributed by atoms with Gasteiger partial charge in [0.15, 0.2) is 11.5 Å². The van der Waals surface area contributed by atoms with Crippen LogP contribution in [0, 0.1) is 6.92 Å². The number of sulfonamides is 1. The summed E-state index contributed by atoms with van der Waals surface area (Å²) in [6.45, 7) is 1.90. The van der Waals surface area contributed by atoms with Crippen molar-refractivity contribution in [3.05, 3.63) is 71.3 Å². The van der Waals surface area contributed by atoms with Gasteiger partial charge in [-0.2, -0.15) is 0 Å². The van der Waals surface area contributed by atoms with E-state index in [-0.39, 0.29) is 4.90 Å². The zero-order chi connectivity index (χ0) is 24.0. The summed E-state index contributed by atoms with van der Waals surface area (Å²) in [5.74, 6) is 2.00. The van der Waals surface area contributed by atoms with Gasteiger partial charge in [0.2, 0.25) is 5.75 Å². The van der Waals surface area contributed by atoms with Gasteiger partial charge in [0, 0.05) is 0 Å². The highest BCUT2D eigenvalue weighted by Gasteiger charge is 2.17. The quantitative estimate of drug-likeness (QED) is 0.444. The van der Waals surface area contributed by atoms with Crippen LogP contribution >= 0.6 is 0 Å². The number of hydrogen-bond acceptors (Lipinski definition) is 6. The van der Waals surface area contributed by atoms with Crippen LogP contribution in [-0.2, 0) is 10.0 Å². The Balaban J connectivity index is 1.93. The first-order valence-electron chi connectivity index (χ1n) is 10.1. The van der Waals surface area contributed by atoms with Crippen molar-refractivity contribution >= 4 is 27.9 Å². The molecule has 0 aliphatic heterocycles. The predicted octanol–water partition coefficient (Wildman–Crippen LogP) is 5.00. The molecule has 0 heterocycles. The van der Waals surface area contributed by atoms with E-state index in [0.29, 0.717) is 28.7 Å². The Morgan fingerprint density at radius 3 is 1.82 bits per heavy atom. The van der Waals surface area contributed by atoms with E-state index in [4.69, 9.17) is 18.9 Å². The van der Waals surface area contributed by atoms with Crippen molar-refractivity contribution in [1.82, 2.24) is 0 Å². The molecule has 0 bridgehead atoms. The van der Waals surface area contributed by atoms with E-state index in [1.54, 1.807) is 57.7 Å². The minimum Gasteiger partial charge on any atom is -0.495 e. The lowest BCUT2D eigenvalue weighted by Gasteiger charge is -2.13. The highest BCUT2D eigenvalue weighted by molar-refractivity contribution is 7.92. The number of anilines is 1. The number of benzene rings is 3. The Bertz CT molecular complexity index is 1230. The van der Waals surface area contributed by atoms with Gasteiger partial charge in [-0.05, 0) is 54.4 Å². The van der Waals surface area contributed by atoms with E-state index in [0.717, 1.165) is 16.7 Å². The Morgan fingerprint density at radius 1 is 0.697 bits per heavy atom. The van der Waals surface area contributed by atoms with Crippen LogP contribution in [0.2, 0.25) is 0 Å². The number of methoxy groups -OCH3 is 4. The fourth-order valence-electron chi connectivity index (χ4n) is 3.22. The molecule has 0 aromatic heterocycles. The molecule has 0 aliphatic rings. The van der Waals surface area contributed by atoms with E-state index in [9.17, 15) is 8.42 Å². The number of rotatable bonds is 9. The average molecular weight is 470 g/mol. The van der Waals surface area contributed by atoms with Crippen molar-refractivity contribution in [2.24, 2.45) is 0 Å². The van der Waals surface area contributed by atoms with Gasteiger partial charge in [-0.15, -0.1) is 0 Å². The Hall–Kier alpha value is -3.65. The summed E-state index contributed by atoms with van der Waals surface area (Å²) in [6.07, 6.45) is 3.72. The van der Waals surface area contributed by atoms with Crippen LogP contribution in [0.25, 0.3) is 12.2 Å². The standard InChI is InChI=1S/C25H27NO6S/c1-17-6-11-20(12-7-17)33(27,28)26-21-14-18(10-13-22(21)29-2)8-9-19-15-23(30-3)25(32-5)24(16-19)31-4/h6-16,26H,1-5H3. The summed E-state index contributed by atoms with van der Waals surface area (Å²) < 4.78 is 49.8. The molecular weight excluding hydrogens is 442 g/mol. The Labute approximate surface area is 194 Å². The molecular formula is C25H27NO6S. The highest BCUT2D eigenvalue weighted by atomic mass is 32.2. The van der Waals surface area contributed by atoms with Gasteiger partial charge >= 0.3 is 0 Å². The fraction of sp³-hybridized carbons (Fsp3) is 0.200. The van der Waals surface area contributed by atoms with E-state index in [1.165, 1.54) is 7.11 Å². The molecule has 0 unspecified atom stereocenters. The molecule has 0 saturated carbocycles. The largest absolute Gasteiger partial charge is 0.495 e. The van der Waals surface area contributed by atoms with Crippen molar-refractivity contribution < 1.29 is 27.4 Å². The van der Waals surface area contributed by atoms with Crippen molar-refractivity contribution in [2.75, 3.05) is 33.2 Å². The number of ether oxygens (including phenoxy) is 4. The van der Waals surface area contributed by atoms with Crippen molar-refractivity contribution in [2.45, 2.75) is 11.8 Å². The second-order valence-corrected chi connectivity index (χ2v) is 8.85. The molecule has 0 spiro atoms. The maximum Gasteiger partial charge on any atom is 0.262 e. The summed E-state index contributed by atoms with van der Waals surface area (Å²) in [4.78, 5) is 0.175. The summed E-state index contributed by atoms with van der Waals surface area (Å²) in [6, 6.07) is 15.5. The zero-order valence-electron chi connectivity index (χ0n) is 19.2. The highest BCUT2D eigenvalue weighted by Crippen LogP contribution is 2.38. The molecule has 3 aromatic rings. The van der Waals surface area contributed by atoms with Crippen LogP contribution in [0.15, 0.2) is 59.5 Å². The van der Waals surface area contributed by atoms with Gasteiger partial charge in [-0.25, -0.2) is 8.42 Å². The lowest BCUT2D eigenvalue weighted by atomic mass is 10.1. The van der Waals surface area contributed by atoms with Crippen molar-refractivity contribution in [1.29, 1.82) is 0 Å². The summed E-state index contributed by atoms with van der Waals surface area (Å²) >= 11 is 0. The van der Waals surface area contributed by atoms with Crippen molar-refractivity contribution in [3.63, 3.8) is 0 Å². The van der Waals surface area contributed by atoms with Crippen LogP contribution in [0.3, 0.4) is 0 Å². The van der Waals surface area contributed by atoms with Crippen LogP contribution in [-0.4, -0.2) is 36.9 Å². The molecule has 0 radical (unpaired) electrons. The van der Waals surface area contributed by atoms with Crippen LogP contribution in [0.4, 0.5) is 5.69 Å². The molecule has 1 N–H and O–H groups in total. The molecule has 0 atom stereocenters. The van der Waals surface area contributed by atoms with E-state index < -0.39 is 10.0 Å². The topological polar surface area (TPSA) is 83.1 Å². The maximum absolute atomic E-state index is 12.8. The van der Waals surface area contributed by atoms with Gasteiger partial charge in [-0.3, -0.25) is 4.72 Å². The molecule has 174 valence electrons.